The van der Waals surface area contributed by atoms with Crippen molar-refractivity contribution in [2.75, 3.05) is 32.8 Å². The number of hydrogen-bond donors (Lipinski definition) is 2. The van der Waals surface area contributed by atoms with E-state index in [2.05, 4.69) is 24.1 Å². The van der Waals surface area contributed by atoms with Crippen LogP contribution in [0.15, 0.2) is 18.2 Å². The second-order valence-electron chi connectivity index (χ2n) is 5.07. The van der Waals surface area contributed by atoms with Crippen LogP contribution in [0, 0.1) is 12.7 Å². The van der Waals surface area contributed by atoms with Gasteiger partial charge in [-0.15, -0.1) is 0 Å². The van der Waals surface area contributed by atoms with Gasteiger partial charge in [0.25, 0.3) is 0 Å². The first-order valence-corrected chi connectivity index (χ1v) is 7.45. The van der Waals surface area contributed by atoms with Crippen molar-refractivity contribution in [2.24, 2.45) is 0 Å². The minimum atomic E-state index is -0.145. The summed E-state index contributed by atoms with van der Waals surface area (Å²) in [6.07, 6.45) is 0.907. The summed E-state index contributed by atoms with van der Waals surface area (Å²) in [5.74, 6) is -0.145. The molecule has 0 fully saturated rings. The molecule has 0 saturated carbocycles. The first-order valence-electron chi connectivity index (χ1n) is 7.45. The molecule has 1 unspecified atom stereocenters. The molecule has 0 radical (unpaired) electrons. The van der Waals surface area contributed by atoms with Crippen molar-refractivity contribution in [3.05, 3.63) is 35.1 Å². The third-order valence-corrected chi connectivity index (χ3v) is 3.65. The number of hydrogen-bond acceptors (Lipinski definition) is 3. The molecule has 0 bridgehead atoms. The van der Waals surface area contributed by atoms with Crippen LogP contribution in [-0.2, 0) is 0 Å². The van der Waals surface area contributed by atoms with Crippen molar-refractivity contribution in [3.8, 4) is 0 Å². The lowest BCUT2D eigenvalue weighted by Crippen LogP contribution is -2.31. The highest BCUT2D eigenvalue weighted by Gasteiger charge is 2.13. The maximum absolute atomic E-state index is 13.7. The second-order valence-corrected chi connectivity index (χ2v) is 5.07. The molecule has 1 atom stereocenters. The number of aliphatic hydroxyl groups excluding tert-OH is 1. The Labute approximate surface area is 121 Å². The maximum Gasteiger partial charge on any atom is 0.126 e. The van der Waals surface area contributed by atoms with E-state index in [1.165, 1.54) is 0 Å². The molecule has 1 aromatic rings. The predicted octanol–water partition coefficient (Wildman–Crippen LogP) is 2.49. The Morgan fingerprint density at radius 1 is 1.30 bits per heavy atom. The van der Waals surface area contributed by atoms with Crippen LogP contribution in [0.25, 0.3) is 0 Å². The zero-order valence-electron chi connectivity index (χ0n) is 12.8. The van der Waals surface area contributed by atoms with Crippen molar-refractivity contribution < 1.29 is 9.50 Å². The van der Waals surface area contributed by atoms with Crippen LogP contribution in [0.1, 0.15) is 37.4 Å². The van der Waals surface area contributed by atoms with Gasteiger partial charge in [0.15, 0.2) is 0 Å². The number of nitrogens with one attached hydrogen (secondary N) is 1. The molecule has 1 rings (SSSR count). The summed E-state index contributed by atoms with van der Waals surface area (Å²) < 4.78 is 13.7. The van der Waals surface area contributed by atoms with Crippen LogP contribution >= 0.6 is 0 Å². The van der Waals surface area contributed by atoms with E-state index in [0.29, 0.717) is 12.1 Å². The Morgan fingerprint density at radius 3 is 2.60 bits per heavy atom. The maximum atomic E-state index is 13.7. The van der Waals surface area contributed by atoms with Gasteiger partial charge in [0.2, 0.25) is 0 Å². The Balaban J connectivity index is 2.70. The van der Waals surface area contributed by atoms with E-state index in [1.807, 2.05) is 12.1 Å². The number of likely N-dealkylation sites (N-methyl/N-ethyl adjacent to an activating group) is 1. The molecule has 0 aromatic heterocycles. The van der Waals surface area contributed by atoms with Crippen molar-refractivity contribution in [1.29, 1.82) is 0 Å². The fourth-order valence-electron chi connectivity index (χ4n) is 2.34. The Morgan fingerprint density at radius 2 is 2.05 bits per heavy atom. The molecular weight excluding hydrogens is 255 g/mol. The molecule has 0 spiro atoms. The highest BCUT2D eigenvalue weighted by molar-refractivity contribution is 5.25. The fourth-order valence-corrected chi connectivity index (χ4v) is 2.34. The van der Waals surface area contributed by atoms with Gasteiger partial charge in [-0.25, -0.2) is 4.39 Å². The Hall–Kier alpha value is -0.970. The van der Waals surface area contributed by atoms with E-state index in [-0.39, 0.29) is 18.5 Å². The Kier molecular flexibility index (Phi) is 7.73. The molecule has 4 heteroatoms. The summed E-state index contributed by atoms with van der Waals surface area (Å²) in [6, 6.07) is 5.61. The molecule has 2 N–H and O–H groups in total. The van der Waals surface area contributed by atoms with Crippen LogP contribution in [0.4, 0.5) is 4.39 Å². The fraction of sp³-hybridized carbons (Fsp3) is 0.625. The van der Waals surface area contributed by atoms with Crippen molar-refractivity contribution >= 4 is 0 Å². The number of nitrogens with zero attached hydrogens (tertiary/aromatic N) is 1. The number of benzene rings is 1. The molecule has 0 aliphatic rings. The monoisotopic (exact) mass is 282 g/mol. The predicted molar refractivity (Wildman–Crippen MR) is 81.4 cm³/mol. The zero-order valence-corrected chi connectivity index (χ0v) is 12.8. The first kappa shape index (κ1) is 17.1. The summed E-state index contributed by atoms with van der Waals surface area (Å²) in [5, 5.41) is 12.4. The minimum absolute atomic E-state index is 0.145. The molecule has 114 valence electrons. The third kappa shape index (κ3) is 5.19. The van der Waals surface area contributed by atoms with Gasteiger partial charge in [0.1, 0.15) is 5.82 Å². The van der Waals surface area contributed by atoms with Crippen molar-refractivity contribution in [2.45, 2.75) is 33.2 Å². The zero-order chi connectivity index (χ0) is 15.0. The molecule has 0 heterocycles. The molecule has 20 heavy (non-hydrogen) atoms. The van der Waals surface area contributed by atoms with Gasteiger partial charge in [-0.2, -0.15) is 0 Å². The molecule has 0 amide bonds. The molecular formula is C16H27FN2O. The number of halogens is 1. The van der Waals surface area contributed by atoms with Gasteiger partial charge in [-0.1, -0.05) is 26.0 Å². The van der Waals surface area contributed by atoms with Crippen LogP contribution in [-0.4, -0.2) is 42.8 Å². The van der Waals surface area contributed by atoms with E-state index in [1.54, 1.807) is 13.0 Å². The van der Waals surface area contributed by atoms with Crippen LogP contribution < -0.4 is 5.32 Å². The average Bonchev–Trinajstić information content (AvgIpc) is 2.45. The van der Waals surface area contributed by atoms with E-state index < -0.39 is 0 Å². The highest BCUT2D eigenvalue weighted by Crippen LogP contribution is 2.20. The second kappa shape index (κ2) is 9.06. The lowest BCUT2D eigenvalue weighted by Gasteiger charge is -2.24. The normalized spacial score (nSPS) is 12.9. The first-order chi connectivity index (χ1) is 9.62. The van der Waals surface area contributed by atoms with Gasteiger partial charge in [-0.3, -0.25) is 0 Å². The third-order valence-electron chi connectivity index (χ3n) is 3.65. The summed E-state index contributed by atoms with van der Waals surface area (Å²) in [6.45, 7) is 9.46. The van der Waals surface area contributed by atoms with Gasteiger partial charge < -0.3 is 15.3 Å². The molecule has 1 aromatic carbocycles. The number of aliphatic hydroxyl groups is 1. The van der Waals surface area contributed by atoms with E-state index >= 15 is 0 Å². The van der Waals surface area contributed by atoms with Gasteiger partial charge in [0.05, 0.1) is 6.61 Å². The van der Waals surface area contributed by atoms with Gasteiger partial charge in [0, 0.05) is 19.1 Å². The van der Waals surface area contributed by atoms with E-state index in [4.69, 9.17) is 5.11 Å². The number of aryl methyl sites for hydroxylation is 1. The number of rotatable bonds is 9. The summed E-state index contributed by atoms with van der Waals surface area (Å²) >= 11 is 0. The standard InChI is InChI=1S/C16H27FN2O/c1-4-18-16(8-9-19(5-2)10-11-20)14-7-6-13(3)15(17)12-14/h6-7,12,16,18,20H,4-5,8-11H2,1-3H3. The van der Waals surface area contributed by atoms with Gasteiger partial charge >= 0.3 is 0 Å². The molecule has 3 nitrogen and oxygen atoms in total. The van der Waals surface area contributed by atoms with E-state index in [0.717, 1.165) is 31.6 Å². The summed E-state index contributed by atoms with van der Waals surface area (Å²) in [4.78, 5) is 2.20. The lowest BCUT2D eigenvalue weighted by atomic mass is 10.0. The van der Waals surface area contributed by atoms with Crippen molar-refractivity contribution in [3.63, 3.8) is 0 Å². The topological polar surface area (TPSA) is 35.5 Å². The van der Waals surface area contributed by atoms with Crippen LogP contribution in [0.5, 0.6) is 0 Å². The van der Waals surface area contributed by atoms with Crippen LogP contribution in [0.3, 0.4) is 0 Å². The average molecular weight is 282 g/mol. The molecule has 0 aliphatic carbocycles. The Bertz CT molecular complexity index is 398. The van der Waals surface area contributed by atoms with Crippen molar-refractivity contribution in [1.82, 2.24) is 10.2 Å². The summed E-state index contributed by atoms with van der Waals surface area (Å²) in [5.41, 5.74) is 1.68. The highest BCUT2D eigenvalue weighted by atomic mass is 19.1. The SMILES string of the molecule is CCNC(CCN(CC)CCO)c1ccc(C)c(F)c1. The van der Waals surface area contributed by atoms with Gasteiger partial charge in [-0.05, 0) is 43.6 Å². The smallest absolute Gasteiger partial charge is 0.126 e. The largest absolute Gasteiger partial charge is 0.395 e. The quantitative estimate of drug-likeness (QED) is 0.730. The molecule has 0 aliphatic heterocycles. The molecule has 0 saturated heterocycles. The summed E-state index contributed by atoms with van der Waals surface area (Å²) in [7, 11) is 0. The van der Waals surface area contributed by atoms with E-state index in [9.17, 15) is 4.39 Å². The minimum Gasteiger partial charge on any atom is -0.395 e. The van der Waals surface area contributed by atoms with Crippen LogP contribution in [0.2, 0.25) is 0 Å². The lowest BCUT2D eigenvalue weighted by molar-refractivity contribution is 0.195.